The minimum Gasteiger partial charge on any atom is -0.468 e. The molecule has 0 aromatic carbocycles. The van der Waals surface area contributed by atoms with Crippen LogP contribution >= 0.6 is 0 Å². The predicted octanol–water partition coefficient (Wildman–Crippen LogP) is 1.24. The van der Waals surface area contributed by atoms with E-state index in [1.807, 2.05) is 12.1 Å². The van der Waals surface area contributed by atoms with Gasteiger partial charge >= 0.3 is 0 Å². The number of rotatable bonds is 3. The third-order valence-electron chi connectivity index (χ3n) is 2.65. The summed E-state index contributed by atoms with van der Waals surface area (Å²) in [6.07, 6.45) is 3.99. The second-order valence-corrected chi connectivity index (χ2v) is 3.53. The molecule has 1 aliphatic rings. The van der Waals surface area contributed by atoms with Gasteiger partial charge in [-0.15, -0.1) is 0 Å². The Morgan fingerprint density at radius 1 is 1.62 bits per heavy atom. The summed E-state index contributed by atoms with van der Waals surface area (Å²) in [6, 6.07) is 4.22. The van der Waals surface area contributed by atoms with E-state index in [9.17, 15) is 0 Å². The maximum Gasteiger partial charge on any atom is 0.117 e. The van der Waals surface area contributed by atoms with Crippen LogP contribution in [0.1, 0.15) is 18.6 Å². The molecule has 1 fully saturated rings. The van der Waals surface area contributed by atoms with Crippen molar-refractivity contribution in [2.75, 3.05) is 13.2 Å². The fourth-order valence-corrected chi connectivity index (χ4v) is 1.91. The first-order chi connectivity index (χ1) is 6.40. The molecule has 0 amide bonds. The van der Waals surface area contributed by atoms with Crippen molar-refractivity contribution in [2.24, 2.45) is 0 Å². The molecule has 0 saturated carbocycles. The predicted molar refractivity (Wildman–Crippen MR) is 49.2 cm³/mol. The van der Waals surface area contributed by atoms with Crippen LogP contribution in [0.15, 0.2) is 22.8 Å². The van der Waals surface area contributed by atoms with Crippen molar-refractivity contribution in [3.8, 4) is 0 Å². The van der Waals surface area contributed by atoms with E-state index in [1.54, 1.807) is 6.26 Å². The molecule has 2 heterocycles. The summed E-state index contributed by atoms with van der Waals surface area (Å²) in [5, 5.41) is 9.09. The maximum atomic E-state index is 9.09. The summed E-state index contributed by atoms with van der Waals surface area (Å²) in [7, 11) is 0. The van der Waals surface area contributed by atoms with Gasteiger partial charge in [-0.05, 0) is 31.5 Å². The third-order valence-corrected chi connectivity index (χ3v) is 2.65. The molecule has 1 saturated heterocycles. The van der Waals surface area contributed by atoms with Crippen LogP contribution in [0.5, 0.6) is 0 Å². The SMILES string of the molecule is OC[C@H]1CCCN1Cc1ccco1. The van der Waals surface area contributed by atoms with E-state index in [0.29, 0.717) is 6.04 Å². The molecule has 0 aliphatic carbocycles. The molecule has 0 radical (unpaired) electrons. The van der Waals surface area contributed by atoms with Gasteiger partial charge in [-0.2, -0.15) is 0 Å². The molecular formula is C10H15NO2. The second kappa shape index (κ2) is 3.94. The third kappa shape index (κ3) is 1.92. The average Bonchev–Trinajstić information content (AvgIpc) is 2.76. The van der Waals surface area contributed by atoms with Crippen molar-refractivity contribution in [3.63, 3.8) is 0 Å². The normalized spacial score (nSPS) is 23.9. The number of furan rings is 1. The smallest absolute Gasteiger partial charge is 0.117 e. The number of likely N-dealkylation sites (tertiary alicyclic amines) is 1. The van der Waals surface area contributed by atoms with Gasteiger partial charge in [0.15, 0.2) is 0 Å². The summed E-state index contributed by atoms with van der Waals surface area (Å²) < 4.78 is 5.26. The minimum absolute atomic E-state index is 0.265. The summed E-state index contributed by atoms with van der Waals surface area (Å²) >= 11 is 0. The molecule has 1 aliphatic heterocycles. The van der Waals surface area contributed by atoms with Crippen LogP contribution in [0.4, 0.5) is 0 Å². The highest BCUT2D eigenvalue weighted by molar-refractivity contribution is 4.99. The fourth-order valence-electron chi connectivity index (χ4n) is 1.91. The minimum atomic E-state index is 0.265. The monoisotopic (exact) mass is 181 g/mol. The molecule has 3 nitrogen and oxygen atoms in total. The van der Waals surface area contributed by atoms with Gasteiger partial charge in [-0.1, -0.05) is 0 Å². The number of aliphatic hydroxyl groups excluding tert-OH is 1. The molecule has 1 aromatic heterocycles. The Kier molecular flexibility index (Phi) is 2.66. The number of nitrogens with zero attached hydrogens (tertiary/aromatic N) is 1. The van der Waals surface area contributed by atoms with Gasteiger partial charge in [0.1, 0.15) is 5.76 Å². The Hall–Kier alpha value is -0.800. The van der Waals surface area contributed by atoms with E-state index in [-0.39, 0.29) is 6.61 Å². The molecule has 3 heteroatoms. The first kappa shape index (κ1) is 8.78. The van der Waals surface area contributed by atoms with E-state index in [2.05, 4.69) is 4.90 Å². The molecule has 1 atom stereocenters. The van der Waals surface area contributed by atoms with E-state index < -0.39 is 0 Å². The number of aliphatic hydroxyl groups is 1. The molecular weight excluding hydrogens is 166 g/mol. The van der Waals surface area contributed by atoms with Gasteiger partial charge < -0.3 is 9.52 Å². The van der Waals surface area contributed by atoms with Gasteiger partial charge in [0.2, 0.25) is 0 Å². The van der Waals surface area contributed by atoms with Crippen molar-refractivity contribution in [1.82, 2.24) is 4.90 Å². The van der Waals surface area contributed by atoms with Crippen LogP contribution in [0.2, 0.25) is 0 Å². The molecule has 1 aromatic rings. The molecule has 2 rings (SSSR count). The van der Waals surface area contributed by atoms with Crippen LogP contribution in [-0.4, -0.2) is 29.2 Å². The summed E-state index contributed by atoms with van der Waals surface area (Å²) in [4.78, 5) is 2.28. The molecule has 13 heavy (non-hydrogen) atoms. The molecule has 72 valence electrons. The van der Waals surface area contributed by atoms with Crippen molar-refractivity contribution in [2.45, 2.75) is 25.4 Å². The van der Waals surface area contributed by atoms with Crippen molar-refractivity contribution in [3.05, 3.63) is 24.2 Å². The Morgan fingerprint density at radius 3 is 3.23 bits per heavy atom. The molecule has 0 unspecified atom stereocenters. The summed E-state index contributed by atoms with van der Waals surface area (Å²) in [6.45, 7) is 2.17. The first-order valence-corrected chi connectivity index (χ1v) is 4.77. The second-order valence-electron chi connectivity index (χ2n) is 3.53. The zero-order chi connectivity index (χ0) is 9.10. The highest BCUT2D eigenvalue weighted by Gasteiger charge is 2.23. The van der Waals surface area contributed by atoms with Gasteiger partial charge in [0.25, 0.3) is 0 Å². The zero-order valence-electron chi connectivity index (χ0n) is 7.65. The Labute approximate surface area is 78.0 Å². The van der Waals surface area contributed by atoms with Crippen LogP contribution < -0.4 is 0 Å². The van der Waals surface area contributed by atoms with Crippen LogP contribution in [-0.2, 0) is 6.54 Å². The lowest BCUT2D eigenvalue weighted by Gasteiger charge is -2.20. The molecule has 0 bridgehead atoms. The molecule has 0 spiro atoms. The average molecular weight is 181 g/mol. The maximum absolute atomic E-state index is 9.09. The fraction of sp³-hybridized carbons (Fsp3) is 0.600. The van der Waals surface area contributed by atoms with Crippen molar-refractivity contribution in [1.29, 1.82) is 0 Å². The van der Waals surface area contributed by atoms with Crippen molar-refractivity contribution < 1.29 is 9.52 Å². The van der Waals surface area contributed by atoms with Gasteiger partial charge in [-0.25, -0.2) is 0 Å². The van der Waals surface area contributed by atoms with Crippen LogP contribution in [0.25, 0.3) is 0 Å². The van der Waals surface area contributed by atoms with E-state index in [1.165, 1.54) is 6.42 Å². The quantitative estimate of drug-likeness (QED) is 0.762. The van der Waals surface area contributed by atoms with E-state index >= 15 is 0 Å². The summed E-state index contributed by atoms with van der Waals surface area (Å²) in [5.74, 6) is 0.986. The topological polar surface area (TPSA) is 36.6 Å². The number of hydrogen-bond donors (Lipinski definition) is 1. The van der Waals surface area contributed by atoms with Gasteiger partial charge in [0, 0.05) is 6.04 Å². The highest BCUT2D eigenvalue weighted by Crippen LogP contribution is 2.19. The van der Waals surface area contributed by atoms with Crippen LogP contribution in [0.3, 0.4) is 0 Å². The standard InChI is InChI=1S/C10H15NO2/c12-8-9-3-1-5-11(9)7-10-4-2-6-13-10/h2,4,6,9,12H,1,3,5,7-8H2/t9-/m1/s1. The van der Waals surface area contributed by atoms with Gasteiger partial charge in [-0.3, -0.25) is 4.90 Å². The lowest BCUT2D eigenvalue weighted by atomic mass is 10.2. The van der Waals surface area contributed by atoms with Crippen LogP contribution in [0, 0.1) is 0 Å². The van der Waals surface area contributed by atoms with Gasteiger partial charge in [0.05, 0.1) is 19.4 Å². The Bertz CT molecular complexity index is 245. The lowest BCUT2D eigenvalue weighted by Crippen LogP contribution is -2.31. The van der Waals surface area contributed by atoms with Crippen molar-refractivity contribution >= 4 is 0 Å². The van der Waals surface area contributed by atoms with E-state index in [0.717, 1.165) is 25.3 Å². The zero-order valence-corrected chi connectivity index (χ0v) is 7.65. The van der Waals surface area contributed by atoms with E-state index in [4.69, 9.17) is 9.52 Å². The number of hydrogen-bond acceptors (Lipinski definition) is 3. The first-order valence-electron chi connectivity index (χ1n) is 4.77. The highest BCUT2D eigenvalue weighted by atomic mass is 16.3. The summed E-state index contributed by atoms with van der Waals surface area (Å²) in [5.41, 5.74) is 0. The lowest BCUT2D eigenvalue weighted by molar-refractivity contribution is 0.146. The largest absolute Gasteiger partial charge is 0.468 e. The Morgan fingerprint density at radius 2 is 2.54 bits per heavy atom. The molecule has 1 N–H and O–H groups in total. The Balaban J connectivity index is 1.94.